The highest BCUT2D eigenvalue weighted by Crippen LogP contribution is 2.29. The van der Waals surface area contributed by atoms with Gasteiger partial charge in [-0.3, -0.25) is 4.79 Å². The van der Waals surface area contributed by atoms with Crippen molar-refractivity contribution in [2.45, 2.75) is 17.4 Å². The van der Waals surface area contributed by atoms with Crippen LogP contribution in [-0.2, 0) is 0 Å². The molecule has 3 aromatic rings. The summed E-state index contributed by atoms with van der Waals surface area (Å²) in [4.78, 5) is 12.3. The zero-order chi connectivity index (χ0) is 18.0. The van der Waals surface area contributed by atoms with Gasteiger partial charge in [-0.25, -0.2) is 13.2 Å². The Balaban J connectivity index is 1.75. The zero-order valence-electron chi connectivity index (χ0n) is 12.9. The molecule has 2 aromatic carbocycles. The van der Waals surface area contributed by atoms with Gasteiger partial charge in [-0.05, 0) is 37.3 Å². The van der Waals surface area contributed by atoms with E-state index in [1.807, 2.05) is 0 Å². The number of ketones is 1. The van der Waals surface area contributed by atoms with E-state index in [0.29, 0.717) is 0 Å². The average Bonchev–Trinajstić information content (AvgIpc) is 3.05. The lowest BCUT2D eigenvalue weighted by atomic mass is 10.1. The highest BCUT2D eigenvalue weighted by molar-refractivity contribution is 8.00. The molecule has 25 heavy (non-hydrogen) atoms. The minimum Gasteiger partial charge on any atom is -0.411 e. The van der Waals surface area contributed by atoms with Gasteiger partial charge in [0.15, 0.2) is 17.4 Å². The number of halogens is 3. The number of aromatic nitrogens is 2. The van der Waals surface area contributed by atoms with Gasteiger partial charge in [0.2, 0.25) is 0 Å². The van der Waals surface area contributed by atoms with Gasteiger partial charge in [0.1, 0.15) is 5.82 Å². The highest BCUT2D eigenvalue weighted by Gasteiger charge is 2.21. The Morgan fingerprint density at radius 1 is 1.04 bits per heavy atom. The molecule has 0 aliphatic heterocycles. The number of hydrogen-bond acceptors (Lipinski definition) is 5. The molecule has 1 heterocycles. The number of Topliss-reactive ketones (excluding diaryl/α,β-unsaturated/α-hetero) is 1. The maximum atomic E-state index is 13.7. The summed E-state index contributed by atoms with van der Waals surface area (Å²) >= 11 is 0.949. The number of nitrogens with zero attached hydrogens (tertiary/aromatic N) is 2. The Kier molecular flexibility index (Phi) is 4.89. The minimum atomic E-state index is -1.09. The van der Waals surface area contributed by atoms with Gasteiger partial charge in [-0.15, -0.1) is 10.2 Å². The molecule has 0 radical (unpaired) electrons. The molecule has 0 saturated carbocycles. The van der Waals surface area contributed by atoms with Crippen LogP contribution in [0.25, 0.3) is 11.5 Å². The molecule has 8 heteroatoms. The standard InChI is InChI=1S/C17H11F3N2O2S/c1-9(15(23)10-6-7-13(19)14(20)8-10)25-17-22-21-16(24-17)11-4-2-3-5-12(11)18/h2-9H,1H3/t9-/m0/s1. The van der Waals surface area contributed by atoms with Crippen LogP contribution in [-0.4, -0.2) is 21.2 Å². The van der Waals surface area contributed by atoms with E-state index in [4.69, 9.17) is 4.42 Å². The molecule has 4 nitrogen and oxygen atoms in total. The molecule has 1 atom stereocenters. The van der Waals surface area contributed by atoms with E-state index in [1.165, 1.54) is 24.3 Å². The van der Waals surface area contributed by atoms with Gasteiger partial charge < -0.3 is 4.42 Å². The lowest BCUT2D eigenvalue weighted by Crippen LogP contribution is -2.14. The zero-order valence-corrected chi connectivity index (χ0v) is 13.7. The number of benzene rings is 2. The smallest absolute Gasteiger partial charge is 0.277 e. The molecule has 128 valence electrons. The second kappa shape index (κ2) is 7.10. The van der Waals surface area contributed by atoms with Gasteiger partial charge in [0.25, 0.3) is 11.1 Å². The van der Waals surface area contributed by atoms with E-state index in [1.54, 1.807) is 13.0 Å². The van der Waals surface area contributed by atoms with Gasteiger partial charge in [-0.1, -0.05) is 23.9 Å². The fourth-order valence-electron chi connectivity index (χ4n) is 2.09. The van der Waals surface area contributed by atoms with Gasteiger partial charge in [-0.2, -0.15) is 0 Å². The van der Waals surface area contributed by atoms with E-state index in [9.17, 15) is 18.0 Å². The van der Waals surface area contributed by atoms with Crippen LogP contribution in [0.1, 0.15) is 17.3 Å². The molecule has 0 saturated heterocycles. The third-order valence-corrected chi connectivity index (χ3v) is 4.30. The summed E-state index contributed by atoms with van der Waals surface area (Å²) in [5.74, 6) is -3.05. The first-order valence-electron chi connectivity index (χ1n) is 7.20. The summed E-state index contributed by atoms with van der Waals surface area (Å²) in [7, 11) is 0. The fraction of sp³-hybridized carbons (Fsp3) is 0.118. The van der Waals surface area contributed by atoms with Crippen LogP contribution in [0.3, 0.4) is 0 Å². The van der Waals surface area contributed by atoms with E-state index < -0.39 is 28.5 Å². The minimum absolute atomic E-state index is 0.00641. The van der Waals surface area contributed by atoms with Crippen molar-refractivity contribution in [1.29, 1.82) is 0 Å². The first-order chi connectivity index (χ1) is 12.0. The largest absolute Gasteiger partial charge is 0.411 e. The summed E-state index contributed by atoms with van der Waals surface area (Å²) in [5, 5.41) is 6.92. The second-order valence-corrected chi connectivity index (χ2v) is 6.40. The van der Waals surface area contributed by atoms with Crippen LogP contribution >= 0.6 is 11.8 Å². The van der Waals surface area contributed by atoms with Crippen molar-refractivity contribution in [3.63, 3.8) is 0 Å². The predicted molar refractivity (Wildman–Crippen MR) is 85.7 cm³/mol. The molecule has 0 unspecified atom stereocenters. The van der Waals surface area contributed by atoms with Crippen molar-refractivity contribution >= 4 is 17.5 Å². The van der Waals surface area contributed by atoms with Crippen molar-refractivity contribution < 1.29 is 22.4 Å². The predicted octanol–water partition coefficient (Wildman–Crippen LogP) is 4.52. The quantitative estimate of drug-likeness (QED) is 0.492. The van der Waals surface area contributed by atoms with Gasteiger partial charge in [0.05, 0.1) is 10.8 Å². The Morgan fingerprint density at radius 2 is 1.80 bits per heavy atom. The molecule has 0 fully saturated rings. The number of rotatable bonds is 5. The number of carbonyl (C=O) groups is 1. The molecule has 0 spiro atoms. The van der Waals surface area contributed by atoms with Crippen LogP contribution in [0.4, 0.5) is 13.2 Å². The first kappa shape index (κ1) is 17.2. The normalized spacial score (nSPS) is 12.2. The molecule has 3 rings (SSSR count). The molecule has 0 aliphatic carbocycles. The third-order valence-electron chi connectivity index (χ3n) is 3.36. The topological polar surface area (TPSA) is 56.0 Å². The van der Waals surface area contributed by atoms with Gasteiger partial charge in [0, 0.05) is 5.56 Å². The van der Waals surface area contributed by atoms with Gasteiger partial charge >= 0.3 is 0 Å². The first-order valence-corrected chi connectivity index (χ1v) is 8.08. The fourth-order valence-corrected chi connectivity index (χ4v) is 2.85. The van der Waals surface area contributed by atoms with Crippen molar-refractivity contribution in [3.8, 4) is 11.5 Å². The summed E-state index contributed by atoms with van der Waals surface area (Å²) in [5.41, 5.74) is 0.189. The highest BCUT2D eigenvalue weighted by atomic mass is 32.2. The van der Waals surface area contributed by atoms with Crippen molar-refractivity contribution in [2.24, 2.45) is 0 Å². The van der Waals surface area contributed by atoms with Crippen LogP contribution in [0.5, 0.6) is 0 Å². The van der Waals surface area contributed by atoms with Crippen molar-refractivity contribution in [1.82, 2.24) is 10.2 Å². The monoisotopic (exact) mass is 364 g/mol. The van der Waals surface area contributed by atoms with Crippen LogP contribution < -0.4 is 0 Å². The summed E-state index contributed by atoms with van der Waals surface area (Å²) < 4.78 is 45.3. The maximum absolute atomic E-state index is 13.7. The lowest BCUT2D eigenvalue weighted by molar-refractivity contribution is 0.0993. The number of carbonyl (C=O) groups excluding carboxylic acids is 1. The Morgan fingerprint density at radius 3 is 2.52 bits per heavy atom. The summed E-state index contributed by atoms with van der Waals surface area (Å²) in [6.07, 6.45) is 0. The molecule has 0 aliphatic rings. The number of hydrogen-bond donors (Lipinski definition) is 0. The Labute approximate surface area is 145 Å². The van der Waals surface area contributed by atoms with E-state index in [-0.39, 0.29) is 22.2 Å². The average molecular weight is 364 g/mol. The molecule has 1 aromatic heterocycles. The molecule has 0 bridgehead atoms. The van der Waals surface area contributed by atoms with Crippen LogP contribution in [0.15, 0.2) is 52.1 Å². The summed E-state index contributed by atoms with van der Waals surface area (Å²) in [6.45, 7) is 1.57. The molecular formula is C17H11F3N2O2S. The van der Waals surface area contributed by atoms with Crippen molar-refractivity contribution in [2.75, 3.05) is 0 Å². The maximum Gasteiger partial charge on any atom is 0.277 e. The second-order valence-electron chi connectivity index (χ2n) is 5.11. The molecule has 0 amide bonds. The van der Waals surface area contributed by atoms with Crippen LogP contribution in [0.2, 0.25) is 0 Å². The van der Waals surface area contributed by atoms with E-state index in [0.717, 1.165) is 23.9 Å². The number of thioether (sulfide) groups is 1. The lowest BCUT2D eigenvalue weighted by Gasteiger charge is -2.07. The van der Waals surface area contributed by atoms with Crippen molar-refractivity contribution in [3.05, 3.63) is 65.5 Å². The summed E-state index contributed by atoms with van der Waals surface area (Å²) in [6, 6.07) is 8.86. The third kappa shape index (κ3) is 3.74. The Hall–Kier alpha value is -2.61. The Bertz CT molecular complexity index is 930. The molecule has 0 N–H and O–H groups in total. The molecular weight excluding hydrogens is 353 g/mol. The van der Waals surface area contributed by atoms with Crippen LogP contribution in [0, 0.1) is 17.5 Å². The van der Waals surface area contributed by atoms with E-state index in [2.05, 4.69) is 10.2 Å². The SMILES string of the molecule is C[C@H](Sc1nnc(-c2ccccc2F)o1)C(=O)c1ccc(F)c(F)c1. The van der Waals surface area contributed by atoms with E-state index >= 15 is 0 Å².